The fourth-order valence-electron chi connectivity index (χ4n) is 8.13. The Hall–Kier alpha value is -2.03. The maximum absolute atomic E-state index is 13.5. The summed E-state index contributed by atoms with van der Waals surface area (Å²) in [6, 6.07) is -0.853. The summed E-state index contributed by atoms with van der Waals surface area (Å²) in [6.45, 7) is 6.89. The van der Waals surface area contributed by atoms with E-state index < -0.39 is 20.0 Å². The van der Waals surface area contributed by atoms with Crippen molar-refractivity contribution < 1.29 is 37.3 Å². The van der Waals surface area contributed by atoms with Gasteiger partial charge in [0.2, 0.25) is 5.91 Å². The Bertz CT molecular complexity index is 1310. The second-order valence-corrected chi connectivity index (χ2v) is 21.9. The fourth-order valence-corrected chi connectivity index (χ4v) is 8.87. The number of nitrogens with zero attached hydrogens (tertiary/aromatic N) is 1. The van der Waals surface area contributed by atoms with Gasteiger partial charge in [0.1, 0.15) is 19.3 Å². The first-order chi connectivity index (χ1) is 32.9. The van der Waals surface area contributed by atoms with Crippen molar-refractivity contribution >= 4 is 19.7 Å². The van der Waals surface area contributed by atoms with Crippen molar-refractivity contribution in [3.05, 3.63) is 48.6 Å². The van der Waals surface area contributed by atoms with E-state index in [2.05, 4.69) is 62.5 Å². The zero-order valence-corrected chi connectivity index (χ0v) is 46.2. The Balaban J connectivity index is 5.37. The smallest absolute Gasteiger partial charge is 0.456 e. The van der Waals surface area contributed by atoms with Crippen molar-refractivity contribution in [2.75, 3.05) is 40.9 Å². The molecule has 0 fully saturated rings. The quantitative estimate of drug-likeness (QED) is 0.0205. The third kappa shape index (κ3) is 49.0. The molecule has 3 atom stereocenters. The molecule has 9 nitrogen and oxygen atoms in total. The summed E-state index contributed by atoms with van der Waals surface area (Å²) in [5.41, 5.74) is 0. The predicted molar refractivity (Wildman–Crippen MR) is 291 cm³/mol. The van der Waals surface area contributed by atoms with Gasteiger partial charge in [-0.2, -0.15) is 0 Å². The molecule has 0 aliphatic heterocycles. The molecule has 0 aromatic heterocycles. The number of esters is 1. The van der Waals surface area contributed by atoms with Crippen LogP contribution in [0, 0.1) is 0 Å². The zero-order chi connectivity index (χ0) is 50.1. The van der Waals surface area contributed by atoms with E-state index >= 15 is 0 Å². The van der Waals surface area contributed by atoms with Crippen LogP contribution < -0.4 is 5.32 Å². The van der Waals surface area contributed by atoms with Gasteiger partial charge in [-0.1, -0.05) is 230 Å². The normalized spacial score (nSPS) is 14.2. The summed E-state index contributed by atoms with van der Waals surface area (Å²) < 4.78 is 30.6. The highest BCUT2D eigenvalue weighted by atomic mass is 31.2. The van der Waals surface area contributed by atoms with Gasteiger partial charge in [0, 0.05) is 12.8 Å². The Morgan fingerprint density at radius 3 is 1.41 bits per heavy atom. The van der Waals surface area contributed by atoms with Gasteiger partial charge in [0.25, 0.3) is 0 Å². The van der Waals surface area contributed by atoms with E-state index in [-0.39, 0.29) is 31.5 Å². The molecular weight excluding hydrogens is 868 g/mol. The number of carbonyl (C=O) groups excluding carboxylic acids is 2. The average Bonchev–Trinajstić information content (AvgIpc) is 3.29. The largest absolute Gasteiger partial charge is 0.472 e. The first-order valence-corrected chi connectivity index (χ1v) is 30.0. The standard InChI is InChI=1S/C58H109N2O7P/c1-7-10-13-16-19-22-25-28-30-31-32-35-38-41-44-47-50-57(61)59-55(54-66-68(63,64)65-53-52-60(4,5)6)56(49-46-43-40-37-34-27-24-21-18-15-12-9-3)67-58(62)51-48-45-42-39-36-33-29-26-23-20-17-14-11-8-2/h11,14,20,23,29,33,46,49,55-56H,7-10,12-13,15-19,21-22,24-28,30-32,34-45,47-48,50-54H2,1-6H3,(H-,59,61,63,64)/p+1/b14-11+,23-20+,33-29+,49-46+. The molecule has 0 rings (SSSR count). The number of phosphoric ester groups is 1. The molecule has 0 spiro atoms. The van der Waals surface area contributed by atoms with Gasteiger partial charge in [-0.3, -0.25) is 18.6 Å². The van der Waals surface area contributed by atoms with E-state index in [1.165, 1.54) is 135 Å². The molecule has 68 heavy (non-hydrogen) atoms. The number of hydrogen-bond acceptors (Lipinski definition) is 6. The van der Waals surface area contributed by atoms with Crippen LogP contribution >= 0.6 is 7.82 Å². The minimum Gasteiger partial charge on any atom is -0.456 e. The van der Waals surface area contributed by atoms with Gasteiger partial charge in [-0.25, -0.2) is 4.57 Å². The zero-order valence-electron chi connectivity index (χ0n) is 45.3. The van der Waals surface area contributed by atoms with Gasteiger partial charge >= 0.3 is 13.8 Å². The highest BCUT2D eigenvalue weighted by Crippen LogP contribution is 2.43. The van der Waals surface area contributed by atoms with Gasteiger partial charge in [-0.05, 0) is 63.9 Å². The van der Waals surface area contributed by atoms with E-state index in [1.54, 1.807) is 0 Å². The second kappa shape index (κ2) is 48.6. The van der Waals surface area contributed by atoms with E-state index in [1.807, 2.05) is 33.3 Å². The molecule has 1 amide bonds. The summed E-state index contributed by atoms with van der Waals surface area (Å²) in [5, 5.41) is 3.04. The van der Waals surface area contributed by atoms with Crippen LogP contribution in [0.2, 0.25) is 0 Å². The predicted octanol–water partition coefficient (Wildman–Crippen LogP) is 16.9. The van der Waals surface area contributed by atoms with Gasteiger partial charge in [-0.15, -0.1) is 0 Å². The molecule has 0 saturated heterocycles. The second-order valence-electron chi connectivity index (χ2n) is 20.4. The number of unbranched alkanes of at least 4 members (excludes halogenated alkanes) is 29. The van der Waals surface area contributed by atoms with Crippen LogP contribution in [0.15, 0.2) is 48.6 Å². The summed E-state index contributed by atoms with van der Waals surface area (Å²) in [7, 11) is 1.49. The summed E-state index contributed by atoms with van der Waals surface area (Å²) >= 11 is 0. The number of allylic oxidation sites excluding steroid dienone is 7. The number of likely N-dealkylation sites (N-methyl/N-ethyl adjacent to an activating group) is 1. The number of ether oxygens (including phenoxy) is 1. The minimum atomic E-state index is -4.44. The lowest BCUT2D eigenvalue weighted by molar-refractivity contribution is -0.870. The van der Waals surface area contributed by atoms with E-state index in [4.69, 9.17) is 13.8 Å². The number of phosphoric acid groups is 1. The molecule has 0 heterocycles. The van der Waals surface area contributed by atoms with E-state index in [0.717, 1.165) is 83.5 Å². The van der Waals surface area contributed by atoms with Crippen LogP contribution in [0.3, 0.4) is 0 Å². The molecule has 0 radical (unpaired) electrons. The molecule has 398 valence electrons. The molecule has 2 N–H and O–H groups in total. The maximum Gasteiger partial charge on any atom is 0.472 e. The number of hydrogen-bond donors (Lipinski definition) is 2. The van der Waals surface area contributed by atoms with Gasteiger partial charge in [0.05, 0.1) is 33.8 Å². The van der Waals surface area contributed by atoms with Crippen molar-refractivity contribution in [3.8, 4) is 0 Å². The van der Waals surface area contributed by atoms with E-state index in [0.29, 0.717) is 23.9 Å². The van der Waals surface area contributed by atoms with Crippen LogP contribution in [0.25, 0.3) is 0 Å². The highest BCUT2D eigenvalue weighted by Gasteiger charge is 2.30. The van der Waals surface area contributed by atoms with Crippen LogP contribution in [-0.2, 0) is 27.9 Å². The van der Waals surface area contributed by atoms with Gasteiger partial charge < -0.3 is 19.4 Å². The van der Waals surface area contributed by atoms with Crippen LogP contribution in [0.4, 0.5) is 0 Å². The van der Waals surface area contributed by atoms with Crippen molar-refractivity contribution in [3.63, 3.8) is 0 Å². The first kappa shape index (κ1) is 66.0. The Morgan fingerprint density at radius 2 is 0.941 bits per heavy atom. The topological polar surface area (TPSA) is 111 Å². The van der Waals surface area contributed by atoms with Gasteiger partial charge in [0.15, 0.2) is 0 Å². The first-order valence-electron chi connectivity index (χ1n) is 28.5. The molecule has 0 aliphatic rings. The molecule has 0 saturated carbocycles. The van der Waals surface area contributed by atoms with Crippen LogP contribution in [0.1, 0.15) is 258 Å². The summed E-state index contributed by atoms with van der Waals surface area (Å²) in [4.78, 5) is 37.5. The molecule has 10 heteroatoms. The van der Waals surface area contributed by atoms with Crippen molar-refractivity contribution in [1.82, 2.24) is 5.32 Å². The van der Waals surface area contributed by atoms with Crippen LogP contribution in [-0.4, -0.2) is 74.3 Å². The monoisotopic (exact) mass is 978 g/mol. The van der Waals surface area contributed by atoms with Crippen molar-refractivity contribution in [2.45, 2.75) is 270 Å². The number of carbonyl (C=O) groups is 2. The number of amides is 1. The fraction of sp³-hybridized carbons (Fsp3) is 0.828. The lowest BCUT2D eigenvalue weighted by atomic mass is 10.0. The molecule has 0 bridgehead atoms. The van der Waals surface area contributed by atoms with Crippen molar-refractivity contribution in [2.24, 2.45) is 0 Å². The Labute approximate surface area is 420 Å². The molecule has 0 aromatic rings. The third-order valence-electron chi connectivity index (χ3n) is 12.5. The Morgan fingerprint density at radius 1 is 0.529 bits per heavy atom. The molecule has 0 aliphatic carbocycles. The lowest BCUT2D eigenvalue weighted by Gasteiger charge is -2.27. The van der Waals surface area contributed by atoms with Crippen LogP contribution in [0.5, 0.6) is 0 Å². The lowest BCUT2D eigenvalue weighted by Crippen LogP contribution is -2.47. The Kier molecular flexibility index (Phi) is 47.1. The average molecular weight is 978 g/mol. The summed E-state index contributed by atoms with van der Waals surface area (Å²) in [5.74, 6) is -0.525. The number of quaternary nitrogens is 1. The molecule has 0 aromatic carbocycles. The SMILES string of the molecule is CC/C=C/C/C=C/C/C=C/CCCCCCC(=O)OC(/C=C/CCCCCCCCCCCC)C(COP(=O)(O)OCC[N+](C)(C)C)NC(=O)CCCCCCCCCCCCCCCCCC. The number of rotatable bonds is 51. The highest BCUT2D eigenvalue weighted by molar-refractivity contribution is 7.47. The maximum atomic E-state index is 13.5. The van der Waals surface area contributed by atoms with Crippen molar-refractivity contribution in [1.29, 1.82) is 0 Å². The van der Waals surface area contributed by atoms with E-state index in [9.17, 15) is 19.0 Å². The molecule has 3 unspecified atom stereocenters. The number of nitrogens with one attached hydrogen (secondary N) is 1. The summed E-state index contributed by atoms with van der Waals surface area (Å²) in [6.07, 6.45) is 58.1. The molecular formula is C58H110N2O7P+. The third-order valence-corrected chi connectivity index (χ3v) is 13.5. The minimum absolute atomic E-state index is 0.0373.